The summed E-state index contributed by atoms with van der Waals surface area (Å²) in [7, 11) is 0. The lowest BCUT2D eigenvalue weighted by Crippen LogP contribution is -2.21. The van der Waals surface area contributed by atoms with E-state index in [4.69, 9.17) is 19.7 Å². The van der Waals surface area contributed by atoms with E-state index < -0.39 is 24.2 Å². The highest BCUT2D eigenvalue weighted by atomic mass is 16.7. The van der Waals surface area contributed by atoms with Crippen molar-refractivity contribution in [1.82, 2.24) is 0 Å². The van der Waals surface area contributed by atoms with Crippen molar-refractivity contribution in [1.29, 1.82) is 0 Å². The average Bonchev–Trinajstić information content (AvgIpc) is 2.61. The lowest BCUT2D eigenvalue weighted by molar-refractivity contribution is -0.147. The first-order valence-electron chi connectivity index (χ1n) is 9.10. The molecule has 2 N–H and O–H groups in total. The Hall–Kier alpha value is -2.58. The SMILES string of the molecule is O=C(/C=C\C(=O)OC1CCCCC1)OC1CCCCC1.O=C(O)OC(=O)O. The van der Waals surface area contributed by atoms with Gasteiger partial charge in [0.15, 0.2) is 0 Å². The summed E-state index contributed by atoms with van der Waals surface area (Å²) in [5.41, 5.74) is 0. The fourth-order valence-electron chi connectivity index (χ4n) is 2.98. The second-order valence-corrected chi connectivity index (χ2v) is 6.36. The summed E-state index contributed by atoms with van der Waals surface area (Å²) < 4.78 is 13.7. The molecule has 0 amide bonds. The third kappa shape index (κ3) is 11.6. The smallest absolute Gasteiger partial charge is 0.459 e. The fourth-order valence-corrected chi connectivity index (χ4v) is 2.98. The molecule has 0 aliphatic heterocycles. The molecule has 9 nitrogen and oxygen atoms in total. The van der Waals surface area contributed by atoms with E-state index in [9.17, 15) is 19.2 Å². The number of hydrogen-bond acceptors (Lipinski definition) is 7. The number of carboxylic acid groups (broad SMARTS) is 2. The molecule has 9 heteroatoms. The molecule has 0 spiro atoms. The van der Waals surface area contributed by atoms with Crippen LogP contribution in [0.15, 0.2) is 12.2 Å². The van der Waals surface area contributed by atoms with Gasteiger partial charge in [0.05, 0.1) is 0 Å². The standard InChI is InChI=1S/C16H24O4.C2H2O5/c17-15(19-13-7-3-1-4-8-13)11-12-16(18)20-14-9-5-2-6-10-14;3-1(4)7-2(5)6/h11-14H,1-10H2;(H,3,4)(H,5,6)/b12-11-;. The quantitative estimate of drug-likeness (QED) is 0.321. The molecule has 0 aromatic rings. The molecule has 2 aliphatic rings. The van der Waals surface area contributed by atoms with Crippen molar-refractivity contribution >= 4 is 24.2 Å². The first-order chi connectivity index (χ1) is 12.9. The van der Waals surface area contributed by atoms with Gasteiger partial charge in [-0.15, -0.1) is 0 Å². The number of hydrogen-bond donors (Lipinski definition) is 2. The first-order valence-corrected chi connectivity index (χ1v) is 9.10. The molecule has 0 unspecified atom stereocenters. The summed E-state index contributed by atoms with van der Waals surface area (Å²) in [6.45, 7) is 0. The molecule has 2 aliphatic carbocycles. The normalized spacial score (nSPS) is 18.1. The minimum absolute atomic E-state index is 0.0234. The van der Waals surface area contributed by atoms with Crippen LogP contribution in [0.4, 0.5) is 9.59 Å². The second kappa shape index (κ2) is 12.7. The van der Waals surface area contributed by atoms with Gasteiger partial charge in [-0.1, -0.05) is 12.8 Å². The fraction of sp³-hybridized carbons (Fsp3) is 0.667. The summed E-state index contributed by atoms with van der Waals surface area (Å²) in [4.78, 5) is 41.6. The third-order valence-electron chi connectivity index (χ3n) is 4.20. The van der Waals surface area contributed by atoms with E-state index in [1.807, 2.05) is 0 Å². The maximum absolute atomic E-state index is 11.6. The van der Waals surface area contributed by atoms with Gasteiger partial charge in [-0.2, -0.15) is 0 Å². The highest BCUT2D eigenvalue weighted by Gasteiger charge is 2.18. The Balaban J connectivity index is 0.000000445. The van der Waals surface area contributed by atoms with E-state index in [1.165, 1.54) is 25.0 Å². The third-order valence-corrected chi connectivity index (χ3v) is 4.20. The van der Waals surface area contributed by atoms with Crippen LogP contribution in [0.3, 0.4) is 0 Å². The molecule has 0 radical (unpaired) electrons. The van der Waals surface area contributed by atoms with E-state index in [2.05, 4.69) is 4.74 Å². The highest BCUT2D eigenvalue weighted by molar-refractivity contribution is 5.91. The van der Waals surface area contributed by atoms with E-state index in [0.717, 1.165) is 51.4 Å². The molecular weight excluding hydrogens is 360 g/mol. The monoisotopic (exact) mass is 386 g/mol. The van der Waals surface area contributed by atoms with E-state index in [1.54, 1.807) is 0 Å². The van der Waals surface area contributed by atoms with Gasteiger partial charge in [-0.05, 0) is 51.4 Å². The Labute approximate surface area is 157 Å². The molecule has 2 fully saturated rings. The van der Waals surface area contributed by atoms with Crippen LogP contribution < -0.4 is 0 Å². The lowest BCUT2D eigenvalue weighted by atomic mass is 9.98. The van der Waals surface area contributed by atoms with Gasteiger partial charge >= 0.3 is 24.2 Å². The maximum atomic E-state index is 11.6. The molecule has 152 valence electrons. The summed E-state index contributed by atoms with van der Waals surface area (Å²) in [5.74, 6) is -0.866. The molecular formula is C18H26O9. The van der Waals surface area contributed by atoms with Crippen molar-refractivity contribution < 1.29 is 43.6 Å². The van der Waals surface area contributed by atoms with Gasteiger partial charge in [-0.3, -0.25) is 0 Å². The maximum Gasteiger partial charge on any atom is 0.516 e. The van der Waals surface area contributed by atoms with Crippen LogP contribution in [0.5, 0.6) is 0 Å². The van der Waals surface area contributed by atoms with Gasteiger partial charge in [0.25, 0.3) is 0 Å². The minimum atomic E-state index is -1.81. The molecule has 2 saturated carbocycles. The second-order valence-electron chi connectivity index (χ2n) is 6.36. The predicted molar refractivity (Wildman–Crippen MR) is 92.2 cm³/mol. The number of carbonyl (C=O) groups is 4. The summed E-state index contributed by atoms with van der Waals surface area (Å²) in [6, 6.07) is 0. The van der Waals surface area contributed by atoms with Crippen LogP contribution in [0.2, 0.25) is 0 Å². The van der Waals surface area contributed by atoms with Crippen LogP contribution >= 0.6 is 0 Å². The van der Waals surface area contributed by atoms with Crippen LogP contribution in [-0.4, -0.2) is 46.7 Å². The molecule has 0 bridgehead atoms. The predicted octanol–water partition coefficient (Wildman–Crippen LogP) is 3.65. The lowest BCUT2D eigenvalue weighted by Gasteiger charge is -2.21. The molecule has 0 aromatic carbocycles. The molecule has 0 heterocycles. The van der Waals surface area contributed by atoms with E-state index in [-0.39, 0.29) is 12.2 Å². The zero-order chi connectivity index (χ0) is 20.1. The van der Waals surface area contributed by atoms with Crippen molar-refractivity contribution in [3.8, 4) is 0 Å². The minimum Gasteiger partial charge on any atom is -0.459 e. The number of ether oxygens (including phenoxy) is 3. The topological polar surface area (TPSA) is 136 Å². The molecule has 2 rings (SSSR count). The summed E-state index contributed by atoms with van der Waals surface area (Å²) in [6.07, 6.45) is 9.46. The van der Waals surface area contributed by atoms with E-state index in [0.29, 0.717) is 0 Å². The Bertz CT molecular complexity index is 483. The molecule has 0 atom stereocenters. The van der Waals surface area contributed by atoms with Crippen LogP contribution in [0.25, 0.3) is 0 Å². The number of esters is 2. The number of carbonyl (C=O) groups excluding carboxylic acids is 2. The zero-order valence-corrected chi connectivity index (χ0v) is 15.1. The van der Waals surface area contributed by atoms with Crippen molar-refractivity contribution in [2.24, 2.45) is 0 Å². The van der Waals surface area contributed by atoms with Crippen molar-refractivity contribution in [3.05, 3.63) is 12.2 Å². The summed E-state index contributed by atoms with van der Waals surface area (Å²) >= 11 is 0. The van der Waals surface area contributed by atoms with Gasteiger partial charge < -0.3 is 24.4 Å². The Kier molecular flexibility index (Phi) is 10.6. The van der Waals surface area contributed by atoms with Crippen molar-refractivity contribution in [2.75, 3.05) is 0 Å². The zero-order valence-electron chi connectivity index (χ0n) is 15.1. The van der Waals surface area contributed by atoms with Gasteiger partial charge in [0, 0.05) is 12.2 Å². The Morgan fingerprint density at radius 1 is 0.630 bits per heavy atom. The van der Waals surface area contributed by atoms with Crippen molar-refractivity contribution in [2.45, 2.75) is 76.4 Å². The van der Waals surface area contributed by atoms with Gasteiger partial charge in [-0.25, -0.2) is 19.2 Å². The van der Waals surface area contributed by atoms with Crippen LogP contribution in [0, 0.1) is 0 Å². The van der Waals surface area contributed by atoms with Crippen molar-refractivity contribution in [3.63, 3.8) is 0 Å². The molecule has 0 aromatic heterocycles. The Morgan fingerprint density at radius 2 is 0.963 bits per heavy atom. The highest BCUT2D eigenvalue weighted by Crippen LogP contribution is 2.21. The molecule has 27 heavy (non-hydrogen) atoms. The number of rotatable bonds is 4. The largest absolute Gasteiger partial charge is 0.516 e. The summed E-state index contributed by atoms with van der Waals surface area (Å²) in [5, 5.41) is 15.0. The van der Waals surface area contributed by atoms with Crippen LogP contribution in [0.1, 0.15) is 64.2 Å². The van der Waals surface area contributed by atoms with E-state index >= 15 is 0 Å². The first kappa shape index (κ1) is 22.5. The van der Waals surface area contributed by atoms with Crippen LogP contribution in [-0.2, 0) is 23.8 Å². The average molecular weight is 386 g/mol. The Morgan fingerprint density at radius 3 is 1.22 bits per heavy atom. The molecule has 0 saturated heterocycles. The van der Waals surface area contributed by atoms with Gasteiger partial charge in [0.1, 0.15) is 12.2 Å². The van der Waals surface area contributed by atoms with Gasteiger partial charge in [0.2, 0.25) is 0 Å².